The average molecular weight is 309 g/mol. The molecular weight excluding hydrogens is 290 g/mol. The highest BCUT2D eigenvalue weighted by molar-refractivity contribution is 6.00. The molecule has 1 saturated heterocycles. The zero-order valence-electron chi connectivity index (χ0n) is 12.9. The Morgan fingerprint density at radius 2 is 1.83 bits per heavy atom. The Morgan fingerprint density at radius 1 is 1.04 bits per heavy atom. The molecule has 5 nitrogen and oxygen atoms in total. The number of para-hydroxylation sites is 1. The monoisotopic (exact) mass is 309 g/mol. The van der Waals surface area contributed by atoms with E-state index in [1.807, 2.05) is 52.1 Å². The third-order valence-electron chi connectivity index (χ3n) is 4.65. The minimum absolute atomic E-state index is 0.0494. The van der Waals surface area contributed by atoms with E-state index in [9.17, 15) is 9.59 Å². The maximum Gasteiger partial charge on any atom is 0.256 e. The fraction of sp³-hybridized carbons (Fsp3) is 0.333. The number of hydrogen-bond donors (Lipinski definition) is 0. The molecule has 5 heteroatoms. The maximum atomic E-state index is 12.9. The number of rotatable bonds is 2. The lowest BCUT2D eigenvalue weighted by atomic mass is 10.1. The summed E-state index contributed by atoms with van der Waals surface area (Å²) < 4.78 is 2.04. The third-order valence-corrected chi connectivity index (χ3v) is 4.65. The smallest absolute Gasteiger partial charge is 0.256 e. The van der Waals surface area contributed by atoms with E-state index < -0.39 is 0 Å². The lowest BCUT2D eigenvalue weighted by Crippen LogP contribution is -2.41. The predicted octanol–water partition coefficient (Wildman–Crippen LogP) is 2.06. The highest BCUT2D eigenvalue weighted by atomic mass is 16.2. The van der Waals surface area contributed by atoms with E-state index in [2.05, 4.69) is 0 Å². The Labute approximate surface area is 135 Å². The van der Waals surface area contributed by atoms with Crippen molar-refractivity contribution in [1.82, 2.24) is 14.4 Å². The standard InChI is InChI=1S/C18H19N3O2/c22-17(19-9-3-4-10-19)13-20-12-14-6-5-11-21(14)16-8-2-1-7-15(16)18(20)23/h1-2,5-8,11H,3-4,9-10,12-13H2. The number of carbonyl (C=O) groups is 2. The molecule has 0 atom stereocenters. The van der Waals surface area contributed by atoms with Gasteiger partial charge in [-0.25, -0.2) is 0 Å². The van der Waals surface area contributed by atoms with Crippen molar-refractivity contribution in [1.29, 1.82) is 0 Å². The van der Waals surface area contributed by atoms with Gasteiger partial charge in [-0.2, -0.15) is 0 Å². The van der Waals surface area contributed by atoms with Crippen LogP contribution in [0.1, 0.15) is 28.9 Å². The number of benzene rings is 1. The van der Waals surface area contributed by atoms with Crippen LogP contribution in [0.25, 0.3) is 5.69 Å². The molecule has 2 amide bonds. The van der Waals surface area contributed by atoms with Crippen molar-refractivity contribution >= 4 is 11.8 Å². The van der Waals surface area contributed by atoms with Crippen molar-refractivity contribution in [3.05, 3.63) is 53.9 Å². The first-order valence-electron chi connectivity index (χ1n) is 8.07. The Kier molecular flexibility index (Phi) is 3.41. The minimum Gasteiger partial charge on any atom is -0.341 e. The van der Waals surface area contributed by atoms with Gasteiger partial charge in [0.05, 0.1) is 17.8 Å². The van der Waals surface area contributed by atoms with Gasteiger partial charge in [-0.15, -0.1) is 0 Å². The van der Waals surface area contributed by atoms with Gasteiger partial charge in [0.15, 0.2) is 0 Å². The van der Waals surface area contributed by atoms with Gasteiger partial charge in [0.25, 0.3) is 5.91 Å². The molecule has 1 aromatic carbocycles. The van der Waals surface area contributed by atoms with Gasteiger partial charge in [-0.05, 0) is 37.1 Å². The van der Waals surface area contributed by atoms with E-state index in [0.29, 0.717) is 12.1 Å². The number of aromatic nitrogens is 1. The number of fused-ring (bicyclic) bond motifs is 3. The van der Waals surface area contributed by atoms with Crippen molar-refractivity contribution in [2.24, 2.45) is 0 Å². The van der Waals surface area contributed by atoms with Crippen molar-refractivity contribution in [2.45, 2.75) is 19.4 Å². The van der Waals surface area contributed by atoms with E-state index in [1.54, 1.807) is 4.90 Å². The highest BCUT2D eigenvalue weighted by Crippen LogP contribution is 2.25. The summed E-state index contributed by atoms with van der Waals surface area (Å²) in [6.45, 7) is 2.24. The van der Waals surface area contributed by atoms with E-state index >= 15 is 0 Å². The zero-order valence-corrected chi connectivity index (χ0v) is 12.9. The molecule has 0 aliphatic carbocycles. The molecular formula is C18H19N3O2. The quantitative estimate of drug-likeness (QED) is 0.852. The van der Waals surface area contributed by atoms with Gasteiger partial charge >= 0.3 is 0 Å². The van der Waals surface area contributed by atoms with E-state index in [4.69, 9.17) is 0 Å². The molecule has 23 heavy (non-hydrogen) atoms. The highest BCUT2D eigenvalue weighted by Gasteiger charge is 2.28. The Balaban J connectivity index is 1.67. The molecule has 0 bridgehead atoms. The van der Waals surface area contributed by atoms with E-state index in [1.165, 1.54) is 0 Å². The van der Waals surface area contributed by atoms with Crippen LogP contribution in [0.2, 0.25) is 0 Å². The van der Waals surface area contributed by atoms with Crippen LogP contribution >= 0.6 is 0 Å². The van der Waals surface area contributed by atoms with Gasteiger partial charge in [0.1, 0.15) is 6.54 Å². The van der Waals surface area contributed by atoms with Crippen LogP contribution in [0.15, 0.2) is 42.6 Å². The van der Waals surface area contributed by atoms with Crippen LogP contribution in [0, 0.1) is 0 Å². The fourth-order valence-electron chi connectivity index (χ4n) is 3.44. The Bertz CT molecular complexity index is 759. The second kappa shape index (κ2) is 5.57. The second-order valence-corrected chi connectivity index (χ2v) is 6.14. The first-order valence-corrected chi connectivity index (χ1v) is 8.07. The molecule has 1 fully saturated rings. The number of nitrogens with zero attached hydrogens (tertiary/aromatic N) is 3. The van der Waals surface area contributed by atoms with E-state index in [-0.39, 0.29) is 18.4 Å². The first-order chi connectivity index (χ1) is 11.2. The largest absolute Gasteiger partial charge is 0.341 e. The van der Waals surface area contributed by atoms with Gasteiger partial charge in [-0.1, -0.05) is 12.1 Å². The summed E-state index contributed by atoms with van der Waals surface area (Å²) in [6, 6.07) is 11.6. The van der Waals surface area contributed by atoms with Crippen molar-refractivity contribution in [2.75, 3.05) is 19.6 Å². The normalized spacial score (nSPS) is 17.0. The van der Waals surface area contributed by atoms with Crippen LogP contribution in [-0.4, -0.2) is 45.8 Å². The maximum absolute atomic E-state index is 12.9. The molecule has 3 heterocycles. The summed E-state index contributed by atoms with van der Waals surface area (Å²) >= 11 is 0. The van der Waals surface area contributed by atoms with Gasteiger partial charge in [0.2, 0.25) is 5.91 Å². The summed E-state index contributed by atoms with van der Waals surface area (Å²) in [4.78, 5) is 28.9. The zero-order chi connectivity index (χ0) is 15.8. The summed E-state index contributed by atoms with van der Waals surface area (Å²) in [5.74, 6) is -0.0230. The van der Waals surface area contributed by atoms with Crippen LogP contribution in [0.5, 0.6) is 0 Å². The summed E-state index contributed by atoms with van der Waals surface area (Å²) in [5, 5.41) is 0. The van der Waals surface area contributed by atoms with Gasteiger partial charge in [0, 0.05) is 25.0 Å². The summed E-state index contributed by atoms with van der Waals surface area (Å²) in [7, 11) is 0. The van der Waals surface area contributed by atoms with Crippen molar-refractivity contribution < 1.29 is 9.59 Å². The molecule has 2 aliphatic heterocycles. The second-order valence-electron chi connectivity index (χ2n) is 6.14. The van der Waals surface area contributed by atoms with Gasteiger partial charge < -0.3 is 14.4 Å². The third kappa shape index (κ3) is 2.42. The molecule has 0 unspecified atom stereocenters. The molecule has 118 valence electrons. The van der Waals surface area contributed by atoms with Crippen molar-refractivity contribution in [3.8, 4) is 5.69 Å². The molecule has 0 saturated carbocycles. The molecule has 1 aromatic heterocycles. The molecule has 0 N–H and O–H groups in total. The molecule has 2 aliphatic rings. The minimum atomic E-state index is -0.0724. The number of likely N-dealkylation sites (tertiary alicyclic amines) is 1. The lowest BCUT2D eigenvalue weighted by Gasteiger charge is -2.23. The fourth-order valence-corrected chi connectivity index (χ4v) is 3.44. The SMILES string of the molecule is O=C(CN1Cc2cccn2-c2ccccc2C1=O)N1CCCC1. The number of hydrogen-bond acceptors (Lipinski definition) is 2. The Hall–Kier alpha value is -2.56. The topological polar surface area (TPSA) is 45.6 Å². The molecule has 2 aromatic rings. The number of carbonyl (C=O) groups excluding carboxylic acids is 2. The summed E-state index contributed by atoms with van der Waals surface area (Å²) in [5.41, 5.74) is 2.56. The predicted molar refractivity (Wildman–Crippen MR) is 86.3 cm³/mol. The first kappa shape index (κ1) is 14.1. The van der Waals surface area contributed by atoms with E-state index in [0.717, 1.165) is 37.3 Å². The van der Waals surface area contributed by atoms with Crippen molar-refractivity contribution in [3.63, 3.8) is 0 Å². The van der Waals surface area contributed by atoms with Crippen LogP contribution in [0.4, 0.5) is 0 Å². The number of amides is 2. The lowest BCUT2D eigenvalue weighted by molar-refractivity contribution is -0.130. The van der Waals surface area contributed by atoms with Gasteiger partial charge in [-0.3, -0.25) is 9.59 Å². The summed E-state index contributed by atoms with van der Waals surface area (Å²) in [6.07, 6.45) is 4.09. The molecule has 0 spiro atoms. The molecule has 0 radical (unpaired) electrons. The Morgan fingerprint density at radius 3 is 2.65 bits per heavy atom. The average Bonchev–Trinajstić information content (AvgIpc) is 3.23. The molecule has 4 rings (SSSR count). The van der Waals surface area contributed by atoms with Crippen LogP contribution in [0.3, 0.4) is 0 Å². The van der Waals surface area contributed by atoms with Crippen LogP contribution < -0.4 is 0 Å². The van der Waals surface area contributed by atoms with Crippen LogP contribution in [-0.2, 0) is 11.3 Å².